The number of para-hydroxylation sites is 2. The van der Waals surface area contributed by atoms with E-state index in [0.29, 0.717) is 80.9 Å². The molecule has 6 heterocycles. The van der Waals surface area contributed by atoms with Crippen molar-refractivity contribution in [2.24, 2.45) is 0 Å². The number of hydrogen-bond acceptors (Lipinski definition) is 12. The van der Waals surface area contributed by atoms with Crippen molar-refractivity contribution in [2.75, 3.05) is 10.6 Å². The monoisotopic (exact) mass is 830 g/mol. The Balaban J connectivity index is 0.000000158. The van der Waals surface area contributed by atoms with Gasteiger partial charge in [-0.1, -0.05) is 62.4 Å². The number of nitrogens with one attached hydrogen (secondary N) is 4. The predicted octanol–water partition coefficient (Wildman–Crippen LogP) is 7.51. The van der Waals surface area contributed by atoms with E-state index in [9.17, 15) is 18.4 Å². The summed E-state index contributed by atoms with van der Waals surface area (Å²) in [5, 5.41) is 6.63. The molecule has 0 unspecified atom stereocenters. The summed E-state index contributed by atoms with van der Waals surface area (Å²) in [6.45, 7) is 3.94. The van der Waals surface area contributed by atoms with Gasteiger partial charge in [0.05, 0.1) is 47.1 Å². The Morgan fingerprint density at radius 2 is 0.968 bits per heavy atom. The molecule has 16 nitrogen and oxygen atoms in total. The second kappa shape index (κ2) is 16.8. The number of fused-ring (bicyclic) bond motifs is 4. The zero-order valence-corrected chi connectivity index (χ0v) is 33.2. The molecule has 0 fully saturated rings. The van der Waals surface area contributed by atoms with Crippen molar-refractivity contribution in [3.8, 4) is 11.4 Å². The molecule has 0 aliphatic carbocycles. The van der Waals surface area contributed by atoms with Crippen molar-refractivity contribution in [1.82, 2.24) is 59.0 Å². The number of hydrogen-bond donors (Lipinski definition) is 4. The van der Waals surface area contributed by atoms with E-state index >= 15 is 0 Å². The molecule has 10 rings (SSSR count). The summed E-state index contributed by atoms with van der Waals surface area (Å²) < 4.78 is 32.0. The Kier molecular flexibility index (Phi) is 10.6. The van der Waals surface area contributed by atoms with Crippen molar-refractivity contribution in [3.63, 3.8) is 0 Å². The summed E-state index contributed by atoms with van der Waals surface area (Å²) in [7, 11) is 0. The van der Waals surface area contributed by atoms with Crippen molar-refractivity contribution in [3.05, 3.63) is 166 Å². The molecule has 2 atom stereocenters. The molecule has 0 amide bonds. The molecule has 0 saturated carbocycles. The van der Waals surface area contributed by atoms with E-state index in [1.54, 1.807) is 61.2 Å². The van der Waals surface area contributed by atoms with Gasteiger partial charge in [-0.05, 0) is 61.4 Å². The molecule has 4 aromatic carbocycles. The van der Waals surface area contributed by atoms with Crippen LogP contribution in [-0.2, 0) is 0 Å². The minimum atomic E-state index is -0.595. The molecule has 4 N–H and O–H groups in total. The van der Waals surface area contributed by atoms with Crippen LogP contribution in [-0.4, -0.2) is 59.0 Å². The SMILES string of the molecule is CC[C@H](Nc1ncnc2nc[nH]c12)c1nc2cccc(F)c2c(=O)n1-c1ccccc1.CC[C@H](Nc1ncnc2nc[nH]c12)c1nc2cccc(F)c2c(=O)n1-c1ccccc1. The van der Waals surface area contributed by atoms with Crippen LogP contribution in [0.3, 0.4) is 0 Å². The van der Waals surface area contributed by atoms with Gasteiger partial charge in [-0.2, -0.15) is 0 Å². The van der Waals surface area contributed by atoms with E-state index in [0.717, 1.165) is 0 Å². The van der Waals surface area contributed by atoms with E-state index in [2.05, 4.69) is 50.5 Å². The summed E-state index contributed by atoms with van der Waals surface area (Å²) in [4.78, 5) is 67.5. The Bertz CT molecular complexity index is 3110. The van der Waals surface area contributed by atoms with Crippen LogP contribution in [0, 0.1) is 11.6 Å². The van der Waals surface area contributed by atoms with Crippen LogP contribution in [0.15, 0.2) is 132 Å². The molecule has 0 bridgehead atoms. The maximum atomic E-state index is 14.5. The van der Waals surface area contributed by atoms with E-state index in [4.69, 9.17) is 9.97 Å². The minimum absolute atomic E-state index is 0.0389. The van der Waals surface area contributed by atoms with Gasteiger partial charge in [-0.15, -0.1) is 0 Å². The van der Waals surface area contributed by atoms with E-state index in [-0.39, 0.29) is 22.9 Å². The highest BCUT2D eigenvalue weighted by Crippen LogP contribution is 2.28. The van der Waals surface area contributed by atoms with Gasteiger partial charge in [-0.3, -0.25) is 18.7 Å². The molecule has 0 radical (unpaired) electrons. The number of aromatic nitrogens is 12. The summed E-state index contributed by atoms with van der Waals surface area (Å²) in [6.07, 6.45) is 7.13. The molecule has 0 aliphatic rings. The van der Waals surface area contributed by atoms with Crippen molar-refractivity contribution in [1.29, 1.82) is 0 Å². The number of halogens is 2. The van der Waals surface area contributed by atoms with Gasteiger partial charge >= 0.3 is 0 Å². The highest BCUT2D eigenvalue weighted by molar-refractivity contribution is 5.84. The lowest BCUT2D eigenvalue weighted by molar-refractivity contribution is 0.629. The molecule has 0 aliphatic heterocycles. The van der Waals surface area contributed by atoms with Crippen molar-refractivity contribution < 1.29 is 8.78 Å². The van der Waals surface area contributed by atoms with E-state index in [1.807, 2.05) is 50.2 Å². The van der Waals surface area contributed by atoms with Crippen LogP contribution in [0.1, 0.15) is 50.4 Å². The van der Waals surface area contributed by atoms with Gasteiger partial charge in [0.15, 0.2) is 22.9 Å². The lowest BCUT2D eigenvalue weighted by Crippen LogP contribution is -2.28. The summed E-state index contributed by atoms with van der Waals surface area (Å²) in [5.41, 5.74) is 3.27. The largest absolute Gasteiger partial charge is 0.358 e. The topological polar surface area (TPSA) is 203 Å². The van der Waals surface area contributed by atoms with Gasteiger partial charge in [0.2, 0.25) is 0 Å². The lowest BCUT2D eigenvalue weighted by atomic mass is 10.1. The Hall–Kier alpha value is -8.28. The lowest BCUT2D eigenvalue weighted by Gasteiger charge is -2.22. The second-order valence-corrected chi connectivity index (χ2v) is 14.0. The first-order valence-electron chi connectivity index (χ1n) is 19.7. The number of aromatic amines is 2. The van der Waals surface area contributed by atoms with Gasteiger partial charge < -0.3 is 20.6 Å². The number of H-pyrrole nitrogens is 2. The average Bonchev–Trinajstić information content (AvgIpc) is 3.99. The standard InChI is InChI=1S/2C22H18FN7O/c2*1-2-15(28-20-18-19(25-11-24-18)26-12-27-20)21-29-16-10-6-9-14(23)17(16)22(31)30(21)13-7-4-3-5-8-13/h2*3-12,15H,2H2,1H3,(H2,24,25,26,27,28)/t2*15-/m00/s1. The molecular formula is C44H36F2N14O2. The zero-order chi connectivity index (χ0) is 42.7. The fraction of sp³-hybridized carbons (Fsp3) is 0.136. The maximum absolute atomic E-state index is 14.5. The van der Waals surface area contributed by atoms with Crippen molar-refractivity contribution in [2.45, 2.75) is 38.8 Å². The van der Waals surface area contributed by atoms with Crippen molar-refractivity contribution >= 4 is 55.8 Å². The molecule has 0 saturated heterocycles. The van der Waals surface area contributed by atoms with Crippen LogP contribution in [0.25, 0.3) is 55.5 Å². The molecule has 308 valence electrons. The van der Waals surface area contributed by atoms with E-state index < -0.39 is 22.8 Å². The highest BCUT2D eigenvalue weighted by Gasteiger charge is 2.25. The maximum Gasteiger partial charge on any atom is 0.269 e. The zero-order valence-electron chi connectivity index (χ0n) is 33.2. The van der Waals surface area contributed by atoms with Crippen LogP contribution in [0.4, 0.5) is 20.4 Å². The first-order chi connectivity index (χ1) is 30.3. The number of anilines is 2. The van der Waals surface area contributed by atoms with Gasteiger partial charge in [-0.25, -0.2) is 48.7 Å². The first kappa shape index (κ1) is 39.2. The summed E-state index contributed by atoms with van der Waals surface area (Å²) in [6, 6.07) is 26.3. The minimum Gasteiger partial charge on any atom is -0.358 e. The van der Waals surface area contributed by atoms with Gasteiger partial charge in [0.25, 0.3) is 11.1 Å². The predicted molar refractivity (Wildman–Crippen MR) is 231 cm³/mol. The van der Waals surface area contributed by atoms with Gasteiger partial charge in [0.1, 0.15) is 57.7 Å². The second-order valence-electron chi connectivity index (χ2n) is 14.0. The average molecular weight is 831 g/mol. The van der Waals surface area contributed by atoms with Crippen LogP contribution in [0.5, 0.6) is 0 Å². The molecule has 0 spiro atoms. The normalized spacial score (nSPS) is 12.3. The summed E-state index contributed by atoms with van der Waals surface area (Å²) in [5.74, 6) is 0.820. The third-order valence-corrected chi connectivity index (χ3v) is 10.3. The summed E-state index contributed by atoms with van der Waals surface area (Å²) >= 11 is 0. The Morgan fingerprint density at radius 1 is 0.548 bits per heavy atom. The molecule has 62 heavy (non-hydrogen) atoms. The molecule has 6 aromatic heterocycles. The Morgan fingerprint density at radius 3 is 1.37 bits per heavy atom. The molecule has 10 aromatic rings. The Labute approximate surface area is 349 Å². The fourth-order valence-electron chi connectivity index (χ4n) is 7.31. The van der Waals surface area contributed by atoms with E-state index in [1.165, 1.54) is 33.9 Å². The number of rotatable bonds is 10. The van der Waals surface area contributed by atoms with Crippen LogP contribution in [0.2, 0.25) is 0 Å². The molecular weight excluding hydrogens is 795 g/mol. The number of nitrogens with zero attached hydrogens (tertiary/aromatic N) is 10. The van der Waals surface area contributed by atoms with Crippen LogP contribution >= 0.6 is 0 Å². The van der Waals surface area contributed by atoms with Crippen LogP contribution < -0.4 is 21.8 Å². The first-order valence-corrected chi connectivity index (χ1v) is 19.7. The number of benzene rings is 4. The molecule has 18 heteroatoms. The quantitative estimate of drug-likeness (QED) is 0.106. The highest BCUT2D eigenvalue weighted by atomic mass is 19.1. The number of imidazole rings is 2. The fourth-order valence-corrected chi connectivity index (χ4v) is 7.31. The van der Waals surface area contributed by atoms with Gasteiger partial charge in [0, 0.05) is 0 Å². The smallest absolute Gasteiger partial charge is 0.269 e. The third-order valence-electron chi connectivity index (χ3n) is 10.3. The third kappa shape index (κ3) is 7.22.